The number of rotatable bonds is 7. The van der Waals surface area contributed by atoms with E-state index in [-0.39, 0.29) is 17.0 Å². The fourth-order valence-electron chi connectivity index (χ4n) is 5.38. The fraction of sp³-hybridized carbons (Fsp3) is 0.290. The Morgan fingerprint density at radius 2 is 1.84 bits per heavy atom. The van der Waals surface area contributed by atoms with Gasteiger partial charge in [-0.2, -0.15) is 5.26 Å². The molecule has 2 heterocycles. The van der Waals surface area contributed by atoms with Gasteiger partial charge in [0.05, 0.1) is 22.7 Å². The SMILES string of the molecule is Cc1ccc(C2(CC(C)Cc3oc4cc(Cl)ccc4c(=O)c3Cc3cccc(C#N)c3)NCCN2)cc1. The van der Waals surface area contributed by atoms with Crippen molar-refractivity contribution >= 4 is 22.6 Å². The van der Waals surface area contributed by atoms with Crippen LogP contribution in [0.25, 0.3) is 11.0 Å². The van der Waals surface area contributed by atoms with Crippen molar-refractivity contribution in [3.05, 3.63) is 116 Å². The van der Waals surface area contributed by atoms with Crippen LogP contribution in [0.1, 0.15) is 46.9 Å². The molecule has 37 heavy (non-hydrogen) atoms. The highest BCUT2D eigenvalue weighted by Gasteiger charge is 2.36. The number of fused-ring (bicyclic) bond motifs is 1. The molecule has 0 saturated carbocycles. The van der Waals surface area contributed by atoms with Crippen LogP contribution in [0, 0.1) is 24.2 Å². The van der Waals surface area contributed by atoms with E-state index in [2.05, 4.69) is 54.8 Å². The van der Waals surface area contributed by atoms with Gasteiger partial charge in [0.1, 0.15) is 11.3 Å². The molecule has 1 aliphatic rings. The Bertz CT molecular complexity index is 1530. The molecule has 0 aliphatic carbocycles. The summed E-state index contributed by atoms with van der Waals surface area (Å²) in [4.78, 5) is 13.7. The molecular formula is C31H30ClN3O2. The molecule has 1 saturated heterocycles. The van der Waals surface area contributed by atoms with Crippen LogP contribution in [-0.2, 0) is 18.5 Å². The van der Waals surface area contributed by atoms with Crippen LogP contribution in [-0.4, -0.2) is 13.1 Å². The van der Waals surface area contributed by atoms with Crippen LogP contribution in [0.4, 0.5) is 0 Å². The molecule has 2 N–H and O–H groups in total. The van der Waals surface area contributed by atoms with Gasteiger partial charge in [0, 0.05) is 42.6 Å². The lowest BCUT2D eigenvalue weighted by Crippen LogP contribution is -2.47. The van der Waals surface area contributed by atoms with E-state index in [1.165, 1.54) is 11.1 Å². The Hall–Kier alpha value is -3.43. The lowest BCUT2D eigenvalue weighted by atomic mass is 9.86. The largest absolute Gasteiger partial charge is 0.460 e. The Balaban J connectivity index is 1.51. The van der Waals surface area contributed by atoms with Crippen molar-refractivity contribution in [2.24, 2.45) is 5.92 Å². The molecule has 4 aromatic rings. The summed E-state index contributed by atoms with van der Waals surface area (Å²) in [7, 11) is 0. The van der Waals surface area contributed by atoms with Crippen LogP contribution in [0.2, 0.25) is 5.02 Å². The zero-order valence-electron chi connectivity index (χ0n) is 21.1. The first-order chi connectivity index (χ1) is 17.9. The predicted octanol–water partition coefficient (Wildman–Crippen LogP) is 5.83. The first-order valence-electron chi connectivity index (χ1n) is 12.7. The molecule has 1 aliphatic heterocycles. The van der Waals surface area contributed by atoms with E-state index in [0.717, 1.165) is 25.1 Å². The molecular weight excluding hydrogens is 482 g/mol. The minimum atomic E-state index is -0.325. The van der Waals surface area contributed by atoms with Crippen molar-refractivity contribution in [3.8, 4) is 6.07 Å². The van der Waals surface area contributed by atoms with Gasteiger partial charge in [-0.05, 0) is 54.7 Å². The fourth-order valence-corrected chi connectivity index (χ4v) is 5.54. The Morgan fingerprint density at radius 1 is 1.08 bits per heavy atom. The van der Waals surface area contributed by atoms with Gasteiger partial charge in [0.2, 0.25) is 0 Å². The molecule has 3 aromatic carbocycles. The summed E-state index contributed by atoms with van der Waals surface area (Å²) in [6.45, 7) is 6.07. The molecule has 5 rings (SSSR count). The molecule has 1 unspecified atom stereocenters. The molecule has 0 bridgehead atoms. The second-order valence-electron chi connectivity index (χ2n) is 10.1. The predicted molar refractivity (Wildman–Crippen MR) is 148 cm³/mol. The van der Waals surface area contributed by atoms with E-state index in [9.17, 15) is 10.1 Å². The molecule has 188 valence electrons. The maximum Gasteiger partial charge on any atom is 0.196 e. The van der Waals surface area contributed by atoms with E-state index in [4.69, 9.17) is 16.0 Å². The summed E-state index contributed by atoms with van der Waals surface area (Å²) < 4.78 is 6.38. The molecule has 1 aromatic heterocycles. The summed E-state index contributed by atoms with van der Waals surface area (Å²) in [5.74, 6) is 0.870. The smallest absolute Gasteiger partial charge is 0.196 e. The van der Waals surface area contributed by atoms with Crippen LogP contribution >= 0.6 is 11.6 Å². The average Bonchev–Trinajstić information content (AvgIpc) is 3.36. The number of nitriles is 1. The normalized spacial score (nSPS) is 15.5. The van der Waals surface area contributed by atoms with E-state index in [1.54, 1.807) is 24.3 Å². The topological polar surface area (TPSA) is 78.1 Å². The Kier molecular flexibility index (Phi) is 7.17. The van der Waals surface area contributed by atoms with Crippen molar-refractivity contribution in [1.82, 2.24) is 10.6 Å². The molecule has 1 atom stereocenters. The summed E-state index contributed by atoms with van der Waals surface area (Å²) in [5.41, 5.74) is 4.68. The first-order valence-corrected chi connectivity index (χ1v) is 13.0. The Labute approximate surface area is 222 Å². The quantitative estimate of drug-likeness (QED) is 0.326. The van der Waals surface area contributed by atoms with Crippen molar-refractivity contribution in [3.63, 3.8) is 0 Å². The highest BCUT2D eigenvalue weighted by Crippen LogP contribution is 2.31. The van der Waals surface area contributed by atoms with Crippen LogP contribution < -0.4 is 16.1 Å². The van der Waals surface area contributed by atoms with E-state index < -0.39 is 0 Å². The van der Waals surface area contributed by atoms with Crippen LogP contribution in [0.3, 0.4) is 0 Å². The molecule has 0 amide bonds. The van der Waals surface area contributed by atoms with Gasteiger partial charge in [0.25, 0.3) is 0 Å². The van der Waals surface area contributed by atoms with Gasteiger partial charge < -0.3 is 4.42 Å². The molecule has 6 heteroatoms. The molecule has 0 spiro atoms. The van der Waals surface area contributed by atoms with Gasteiger partial charge in [-0.15, -0.1) is 0 Å². The maximum atomic E-state index is 13.7. The van der Waals surface area contributed by atoms with Crippen LogP contribution in [0.5, 0.6) is 0 Å². The highest BCUT2D eigenvalue weighted by atomic mass is 35.5. The first kappa shape index (κ1) is 25.2. The van der Waals surface area contributed by atoms with Crippen molar-refractivity contribution < 1.29 is 4.42 Å². The summed E-state index contributed by atoms with van der Waals surface area (Å²) in [6, 6.07) is 23.4. The zero-order chi connectivity index (χ0) is 26.0. The molecule has 0 radical (unpaired) electrons. The van der Waals surface area contributed by atoms with Crippen LogP contribution in [0.15, 0.2) is 75.9 Å². The summed E-state index contributed by atoms with van der Waals surface area (Å²) in [6.07, 6.45) is 1.83. The second kappa shape index (κ2) is 10.5. The van der Waals surface area contributed by atoms with Crippen molar-refractivity contribution in [1.29, 1.82) is 5.26 Å². The number of hydrogen-bond donors (Lipinski definition) is 2. The van der Waals surface area contributed by atoms with Gasteiger partial charge >= 0.3 is 0 Å². The monoisotopic (exact) mass is 511 g/mol. The number of nitrogens with zero attached hydrogens (tertiary/aromatic N) is 1. The van der Waals surface area contributed by atoms with Gasteiger partial charge in [-0.1, -0.05) is 60.5 Å². The second-order valence-corrected chi connectivity index (χ2v) is 10.5. The summed E-state index contributed by atoms with van der Waals surface area (Å²) >= 11 is 6.23. The van der Waals surface area contributed by atoms with Gasteiger partial charge in [-0.3, -0.25) is 15.4 Å². The third-order valence-electron chi connectivity index (χ3n) is 7.18. The lowest BCUT2D eigenvalue weighted by Gasteiger charge is -2.33. The standard InChI is InChI=1S/C31H30ClN3O2/c1-20-6-8-24(9-7-20)31(34-12-13-35-31)18-21(2)14-28-27(16-22-4-3-5-23(15-22)19-33)30(36)26-11-10-25(32)17-29(26)37-28/h3-11,15,17,21,34-35H,12-14,16,18H2,1-2H3. The average molecular weight is 512 g/mol. The minimum absolute atomic E-state index is 0.0483. The Morgan fingerprint density at radius 3 is 2.57 bits per heavy atom. The zero-order valence-corrected chi connectivity index (χ0v) is 21.9. The van der Waals surface area contributed by atoms with E-state index in [0.29, 0.717) is 45.7 Å². The van der Waals surface area contributed by atoms with Gasteiger partial charge in [-0.25, -0.2) is 0 Å². The molecule has 5 nitrogen and oxygen atoms in total. The summed E-state index contributed by atoms with van der Waals surface area (Å²) in [5, 5.41) is 17.8. The third-order valence-corrected chi connectivity index (χ3v) is 7.42. The number of hydrogen-bond acceptors (Lipinski definition) is 5. The van der Waals surface area contributed by atoms with Gasteiger partial charge in [0.15, 0.2) is 5.43 Å². The number of aryl methyl sites for hydroxylation is 1. The number of halogens is 1. The lowest BCUT2D eigenvalue weighted by molar-refractivity contribution is 0.260. The highest BCUT2D eigenvalue weighted by molar-refractivity contribution is 6.31. The number of benzene rings is 3. The third kappa shape index (κ3) is 5.33. The maximum absolute atomic E-state index is 13.7. The minimum Gasteiger partial charge on any atom is -0.460 e. The van der Waals surface area contributed by atoms with E-state index in [1.807, 2.05) is 18.2 Å². The van der Waals surface area contributed by atoms with Crippen molar-refractivity contribution in [2.45, 2.75) is 38.8 Å². The molecule has 1 fully saturated rings. The number of nitrogens with one attached hydrogen (secondary N) is 2. The van der Waals surface area contributed by atoms with Crippen molar-refractivity contribution in [2.75, 3.05) is 13.1 Å². The van der Waals surface area contributed by atoms with E-state index >= 15 is 0 Å².